The largest absolute Gasteiger partial charge is 0.451 e. The van der Waals surface area contributed by atoms with Crippen LogP contribution in [0.3, 0.4) is 0 Å². The van der Waals surface area contributed by atoms with Crippen molar-refractivity contribution >= 4 is 23.4 Å². The standard InChI is InChI=1S/C9H4ClF3N4OS/c10-4-3-6(17-7(15-4)9(11,12)13)19-8-14-2-1-5(18)16-8/h1-3H,(H,14,16,18). The molecule has 2 rings (SSSR count). The molecule has 0 aliphatic carbocycles. The molecule has 0 bridgehead atoms. The Morgan fingerprint density at radius 3 is 2.68 bits per heavy atom. The fraction of sp³-hybridized carbons (Fsp3) is 0.111. The van der Waals surface area contributed by atoms with Gasteiger partial charge in [0, 0.05) is 18.3 Å². The summed E-state index contributed by atoms with van der Waals surface area (Å²) in [7, 11) is 0. The number of H-pyrrole nitrogens is 1. The number of hydrogen-bond donors (Lipinski definition) is 1. The molecule has 0 saturated carbocycles. The van der Waals surface area contributed by atoms with E-state index in [1.54, 1.807) is 0 Å². The number of aromatic nitrogens is 4. The van der Waals surface area contributed by atoms with Crippen molar-refractivity contribution in [3.8, 4) is 0 Å². The maximum atomic E-state index is 12.5. The molecule has 0 saturated heterocycles. The van der Waals surface area contributed by atoms with Crippen LogP contribution in [0.4, 0.5) is 13.2 Å². The number of rotatable bonds is 2. The molecule has 0 aliphatic heterocycles. The van der Waals surface area contributed by atoms with Crippen LogP contribution in [0.1, 0.15) is 5.82 Å². The van der Waals surface area contributed by atoms with Crippen LogP contribution in [-0.2, 0) is 6.18 Å². The summed E-state index contributed by atoms with van der Waals surface area (Å²) in [4.78, 5) is 23.5. The number of hydrogen-bond acceptors (Lipinski definition) is 5. The Bertz CT molecular complexity index is 660. The van der Waals surface area contributed by atoms with Crippen LogP contribution in [0.5, 0.6) is 0 Å². The Balaban J connectivity index is 2.36. The number of alkyl halides is 3. The minimum atomic E-state index is -4.70. The Kier molecular flexibility index (Phi) is 3.76. The molecular weight excluding hydrogens is 305 g/mol. The van der Waals surface area contributed by atoms with Crippen LogP contribution in [0.2, 0.25) is 5.15 Å². The Hall–Kier alpha value is -1.61. The highest BCUT2D eigenvalue weighted by Gasteiger charge is 2.35. The fourth-order valence-corrected chi connectivity index (χ4v) is 2.09. The van der Waals surface area contributed by atoms with Gasteiger partial charge in [-0.05, 0) is 11.8 Å². The van der Waals surface area contributed by atoms with Crippen molar-refractivity contribution in [2.45, 2.75) is 16.4 Å². The maximum Gasteiger partial charge on any atom is 0.451 e. The number of nitrogens with zero attached hydrogens (tertiary/aromatic N) is 3. The van der Waals surface area contributed by atoms with Gasteiger partial charge in [0.2, 0.25) is 5.82 Å². The molecule has 2 heterocycles. The summed E-state index contributed by atoms with van der Waals surface area (Å²) in [5.41, 5.74) is -0.423. The first-order valence-corrected chi connectivity index (χ1v) is 5.89. The summed E-state index contributed by atoms with van der Waals surface area (Å²) in [6, 6.07) is 2.33. The monoisotopic (exact) mass is 308 g/mol. The molecule has 0 amide bonds. The first kappa shape index (κ1) is 13.8. The third-order valence-corrected chi connectivity index (χ3v) is 2.79. The van der Waals surface area contributed by atoms with Crippen molar-refractivity contribution in [2.24, 2.45) is 0 Å². The Labute approximate surface area is 113 Å². The minimum absolute atomic E-state index is 0.0679. The summed E-state index contributed by atoms with van der Waals surface area (Å²) >= 11 is 6.24. The SMILES string of the molecule is O=c1ccnc(Sc2cc(Cl)nc(C(F)(F)F)n2)[nH]1. The summed E-state index contributed by atoms with van der Waals surface area (Å²) in [5, 5.41) is -0.305. The lowest BCUT2D eigenvalue weighted by Crippen LogP contribution is -2.11. The highest BCUT2D eigenvalue weighted by Crippen LogP contribution is 2.30. The second kappa shape index (κ2) is 5.17. The molecule has 2 aromatic rings. The third kappa shape index (κ3) is 3.67. The molecule has 100 valence electrons. The van der Waals surface area contributed by atoms with Gasteiger partial charge in [0.25, 0.3) is 5.56 Å². The summed E-state index contributed by atoms with van der Waals surface area (Å²) in [5.74, 6) is -1.35. The van der Waals surface area contributed by atoms with Gasteiger partial charge in [0.05, 0.1) is 0 Å². The van der Waals surface area contributed by atoms with Crippen LogP contribution in [0.25, 0.3) is 0 Å². The molecule has 5 nitrogen and oxygen atoms in total. The average molecular weight is 309 g/mol. The molecule has 0 fully saturated rings. The van der Waals surface area contributed by atoms with Crippen molar-refractivity contribution in [3.05, 3.63) is 39.7 Å². The lowest BCUT2D eigenvalue weighted by Gasteiger charge is -2.06. The van der Waals surface area contributed by atoms with Crippen molar-refractivity contribution < 1.29 is 13.2 Å². The Morgan fingerprint density at radius 2 is 2.05 bits per heavy atom. The predicted octanol–water partition coefficient (Wildman–Crippen LogP) is 2.38. The lowest BCUT2D eigenvalue weighted by molar-refractivity contribution is -0.145. The molecule has 10 heteroatoms. The molecule has 2 aromatic heterocycles. The van der Waals surface area contributed by atoms with Gasteiger partial charge in [0.1, 0.15) is 10.2 Å². The second-order valence-electron chi connectivity index (χ2n) is 3.19. The number of nitrogens with one attached hydrogen (secondary N) is 1. The van der Waals surface area contributed by atoms with E-state index in [0.29, 0.717) is 0 Å². The van der Waals surface area contributed by atoms with E-state index in [1.807, 2.05) is 0 Å². The molecule has 0 unspecified atom stereocenters. The zero-order valence-electron chi connectivity index (χ0n) is 8.90. The van der Waals surface area contributed by atoms with E-state index < -0.39 is 17.6 Å². The van der Waals surface area contributed by atoms with Crippen molar-refractivity contribution in [2.75, 3.05) is 0 Å². The summed E-state index contributed by atoms with van der Waals surface area (Å²) < 4.78 is 37.5. The van der Waals surface area contributed by atoms with E-state index in [2.05, 4.69) is 19.9 Å². The van der Waals surface area contributed by atoms with E-state index in [-0.39, 0.29) is 15.3 Å². The highest BCUT2D eigenvalue weighted by molar-refractivity contribution is 7.99. The molecule has 0 radical (unpaired) electrons. The van der Waals surface area contributed by atoms with Gasteiger partial charge in [-0.25, -0.2) is 15.0 Å². The molecule has 19 heavy (non-hydrogen) atoms. The minimum Gasteiger partial charge on any atom is -0.301 e. The topological polar surface area (TPSA) is 71.5 Å². The van der Waals surface area contributed by atoms with E-state index in [9.17, 15) is 18.0 Å². The van der Waals surface area contributed by atoms with E-state index in [0.717, 1.165) is 17.8 Å². The summed E-state index contributed by atoms with van der Waals surface area (Å²) in [6.45, 7) is 0. The highest BCUT2D eigenvalue weighted by atomic mass is 35.5. The van der Waals surface area contributed by atoms with Gasteiger partial charge >= 0.3 is 6.18 Å². The first-order chi connectivity index (χ1) is 8.84. The predicted molar refractivity (Wildman–Crippen MR) is 61.0 cm³/mol. The maximum absolute atomic E-state index is 12.5. The van der Waals surface area contributed by atoms with Crippen LogP contribution >= 0.6 is 23.4 Å². The first-order valence-electron chi connectivity index (χ1n) is 4.69. The van der Waals surface area contributed by atoms with Gasteiger partial charge in [0.15, 0.2) is 5.16 Å². The van der Waals surface area contributed by atoms with Crippen molar-refractivity contribution in [3.63, 3.8) is 0 Å². The third-order valence-electron chi connectivity index (χ3n) is 1.77. The molecule has 0 aliphatic rings. The van der Waals surface area contributed by atoms with Crippen LogP contribution in [0, 0.1) is 0 Å². The smallest absolute Gasteiger partial charge is 0.301 e. The number of aromatic amines is 1. The van der Waals surface area contributed by atoms with Crippen LogP contribution < -0.4 is 5.56 Å². The van der Waals surface area contributed by atoms with Crippen molar-refractivity contribution in [1.82, 2.24) is 19.9 Å². The van der Waals surface area contributed by atoms with E-state index in [4.69, 9.17) is 11.6 Å². The van der Waals surface area contributed by atoms with Crippen LogP contribution in [0.15, 0.2) is 33.3 Å². The normalized spacial score (nSPS) is 11.6. The molecule has 1 N–H and O–H groups in total. The molecule has 0 aromatic carbocycles. The quantitative estimate of drug-likeness (QED) is 0.681. The summed E-state index contributed by atoms with van der Waals surface area (Å²) in [6.07, 6.45) is -3.47. The van der Waals surface area contributed by atoms with Crippen molar-refractivity contribution in [1.29, 1.82) is 0 Å². The van der Waals surface area contributed by atoms with Gasteiger partial charge in [-0.3, -0.25) is 4.79 Å². The molecular formula is C9H4ClF3N4OS. The molecule has 0 atom stereocenters. The van der Waals surface area contributed by atoms with Gasteiger partial charge < -0.3 is 4.98 Å². The molecule has 0 spiro atoms. The second-order valence-corrected chi connectivity index (χ2v) is 4.59. The zero-order chi connectivity index (χ0) is 14.0. The van der Waals surface area contributed by atoms with Gasteiger partial charge in [-0.15, -0.1) is 0 Å². The number of halogens is 4. The van der Waals surface area contributed by atoms with Gasteiger partial charge in [-0.2, -0.15) is 13.2 Å². The fourth-order valence-electron chi connectivity index (χ4n) is 1.08. The Morgan fingerprint density at radius 1 is 1.32 bits per heavy atom. The average Bonchev–Trinajstić information content (AvgIpc) is 2.26. The van der Waals surface area contributed by atoms with Crippen LogP contribution in [-0.4, -0.2) is 19.9 Å². The zero-order valence-corrected chi connectivity index (χ0v) is 10.5. The van der Waals surface area contributed by atoms with E-state index in [1.165, 1.54) is 12.3 Å². The lowest BCUT2D eigenvalue weighted by atomic mass is 10.5. The van der Waals surface area contributed by atoms with E-state index >= 15 is 0 Å². The van der Waals surface area contributed by atoms with Gasteiger partial charge in [-0.1, -0.05) is 11.6 Å².